The number of carbonyl (C=O) groups is 2. The number of aliphatic hydroxyl groups is 2. The molecule has 0 fully saturated rings. The zero-order valence-corrected chi connectivity index (χ0v) is 21.1. The van der Waals surface area contributed by atoms with Crippen LogP contribution in [-0.2, 0) is 16.1 Å². The lowest BCUT2D eigenvalue weighted by Crippen LogP contribution is -2.47. The number of rotatable bonds is 12. The monoisotopic (exact) mass is 455 g/mol. The molecule has 0 radical (unpaired) electrons. The third kappa shape index (κ3) is 6.63. The van der Waals surface area contributed by atoms with Gasteiger partial charge in [0.05, 0.1) is 18.0 Å². The summed E-state index contributed by atoms with van der Waals surface area (Å²) in [4.78, 5) is 31.5. The summed E-state index contributed by atoms with van der Waals surface area (Å²) in [5.41, 5.74) is -0.656. The molecule has 0 bridgehead atoms. The van der Waals surface area contributed by atoms with Gasteiger partial charge in [-0.05, 0) is 42.6 Å². The van der Waals surface area contributed by atoms with Gasteiger partial charge < -0.3 is 10.2 Å². The summed E-state index contributed by atoms with van der Waals surface area (Å²) in [7, 11) is 0. The third-order valence-electron chi connectivity index (χ3n) is 6.26. The molecule has 182 valence electrons. The standard InChI is InChI=1S/C28H41NO4/c1-18(2)12-14-22-26(31)25(27(32)28(22,33)24(30)15-13-19(3)4)23(16-20(5)6)29-17-21-10-8-7-9-11-21/h7-11,18-20,22,32-33H,12-17H2,1-6H3/t22-,28+/m0/s1. The van der Waals surface area contributed by atoms with E-state index in [1.54, 1.807) is 0 Å². The quantitative estimate of drug-likeness (QED) is 0.387. The molecule has 0 unspecified atom stereocenters. The van der Waals surface area contributed by atoms with E-state index in [1.807, 2.05) is 71.9 Å². The van der Waals surface area contributed by atoms with Crippen molar-refractivity contribution in [2.75, 3.05) is 0 Å². The molecule has 0 spiro atoms. The average molecular weight is 456 g/mol. The molecule has 33 heavy (non-hydrogen) atoms. The summed E-state index contributed by atoms with van der Waals surface area (Å²) in [6.07, 6.45) is 2.22. The smallest absolute Gasteiger partial charge is 0.190 e. The zero-order valence-electron chi connectivity index (χ0n) is 21.1. The topological polar surface area (TPSA) is 87.0 Å². The Morgan fingerprint density at radius 1 is 1.00 bits per heavy atom. The van der Waals surface area contributed by atoms with Gasteiger partial charge >= 0.3 is 0 Å². The lowest BCUT2D eigenvalue weighted by Gasteiger charge is -2.28. The zero-order chi connectivity index (χ0) is 24.8. The van der Waals surface area contributed by atoms with Crippen LogP contribution in [-0.4, -0.2) is 33.1 Å². The van der Waals surface area contributed by atoms with E-state index in [0.717, 1.165) is 5.56 Å². The van der Waals surface area contributed by atoms with Crippen molar-refractivity contribution in [3.05, 3.63) is 47.2 Å². The molecule has 2 atom stereocenters. The van der Waals surface area contributed by atoms with Crippen LogP contribution in [0, 0.1) is 23.7 Å². The molecule has 5 heteroatoms. The number of carbonyl (C=O) groups excluding carboxylic acids is 2. The van der Waals surface area contributed by atoms with Crippen LogP contribution in [0.3, 0.4) is 0 Å². The Kier molecular flexibility index (Phi) is 9.59. The fraction of sp³-hybridized carbons (Fsp3) is 0.607. The van der Waals surface area contributed by atoms with Gasteiger partial charge in [0, 0.05) is 12.1 Å². The van der Waals surface area contributed by atoms with Gasteiger partial charge in [-0.3, -0.25) is 14.6 Å². The predicted molar refractivity (Wildman–Crippen MR) is 133 cm³/mol. The predicted octanol–water partition coefficient (Wildman–Crippen LogP) is 5.86. The minimum Gasteiger partial charge on any atom is -0.508 e. The Balaban J connectivity index is 2.51. The highest BCUT2D eigenvalue weighted by molar-refractivity contribution is 6.27. The Morgan fingerprint density at radius 2 is 1.61 bits per heavy atom. The fourth-order valence-electron chi connectivity index (χ4n) is 4.29. The minimum absolute atomic E-state index is 0.0498. The van der Waals surface area contributed by atoms with Gasteiger partial charge in [0.25, 0.3) is 0 Å². The molecule has 0 aromatic heterocycles. The van der Waals surface area contributed by atoms with Crippen LogP contribution in [0.25, 0.3) is 0 Å². The van der Waals surface area contributed by atoms with E-state index in [0.29, 0.717) is 43.9 Å². The van der Waals surface area contributed by atoms with E-state index in [1.165, 1.54) is 0 Å². The van der Waals surface area contributed by atoms with Gasteiger partial charge in [-0.1, -0.05) is 78.3 Å². The van der Waals surface area contributed by atoms with E-state index >= 15 is 0 Å². The normalized spacial score (nSPS) is 21.7. The molecular formula is C28H41NO4. The second-order valence-corrected chi connectivity index (χ2v) is 10.6. The maximum Gasteiger partial charge on any atom is 0.190 e. The summed E-state index contributed by atoms with van der Waals surface area (Å²) in [5.74, 6) is -1.53. The van der Waals surface area contributed by atoms with Crippen LogP contribution in [0.1, 0.15) is 79.2 Å². The number of benzene rings is 1. The molecule has 5 nitrogen and oxygen atoms in total. The average Bonchev–Trinajstić information content (AvgIpc) is 2.94. The molecule has 1 aliphatic carbocycles. The van der Waals surface area contributed by atoms with Crippen LogP contribution >= 0.6 is 0 Å². The van der Waals surface area contributed by atoms with Crippen molar-refractivity contribution in [3.63, 3.8) is 0 Å². The van der Waals surface area contributed by atoms with E-state index in [-0.39, 0.29) is 29.6 Å². The molecule has 1 aromatic rings. The number of nitrogens with zero attached hydrogens (tertiary/aromatic N) is 1. The number of ketones is 2. The summed E-state index contributed by atoms with van der Waals surface area (Å²) < 4.78 is 0. The summed E-state index contributed by atoms with van der Waals surface area (Å²) in [6.45, 7) is 12.5. The van der Waals surface area contributed by atoms with Gasteiger partial charge in [-0.15, -0.1) is 0 Å². The number of Topliss-reactive ketones (excluding diaryl/α,β-unsaturated/α-hetero) is 2. The van der Waals surface area contributed by atoms with Crippen LogP contribution in [0.5, 0.6) is 0 Å². The molecule has 1 aliphatic rings. The first-order chi connectivity index (χ1) is 15.5. The second kappa shape index (κ2) is 11.7. The number of allylic oxidation sites excluding steroid dienone is 1. The van der Waals surface area contributed by atoms with Crippen LogP contribution in [0.15, 0.2) is 46.7 Å². The second-order valence-electron chi connectivity index (χ2n) is 10.6. The van der Waals surface area contributed by atoms with Gasteiger partial charge in [0.2, 0.25) is 0 Å². The Labute approximate surface area is 199 Å². The Hall–Kier alpha value is -2.27. The largest absolute Gasteiger partial charge is 0.508 e. The molecule has 0 saturated carbocycles. The highest BCUT2D eigenvalue weighted by Gasteiger charge is 2.58. The van der Waals surface area contributed by atoms with Crippen LogP contribution in [0.2, 0.25) is 0 Å². The molecule has 2 N–H and O–H groups in total. The first-order valence-electron chi connectivity index (χ1n) is 12.3. The SMILES string of the molecule is CC(C)CCC(=O)[C@@]1(O)C(O)=C(C(CC(C)C)=NCc2ccccc2)C(=O)[C@@H]1CCC(C)C. The van der Waals surface area contributed by atoms with Gasteiger partial charge in [0.15, 0.2) is 17.2 Å². The van der Waals surface area contributed by atoms with Crippen molar-refractivity contribution in [1.82, 2.24) is 0 Å². The van der Waals surface area contributed by atoms with Crippen molar-refractivity contribution in [2.45, 2.75) is 85.8 Å². The van der Waals surface area contributed by atoms with E-state index in [9.17, 15) is 19.8 Å². The minimum atomic E-state index is -2.17. The van der Waals surface area contributed by atoms with Gasteiger partial charge in [-0.25, -0.2) is 0 Å². The summed E-state index contributed by atoms with van der Waals surface area (Å²) >= 11 is 0. The van der Waals surface area contributed by atoms with Crippen molar-refractivity contribution < 1.29 is 19.8 Å². The molecule has 0 amide bonds. The molecular weight excluding hydrogens is 414 g/mol. The lowest BCUT2D eigenvalue weighted by molar-refractivity contribution is -0.145. The molecule has 0 aliphatic heterocycles. The van der Waals surface area contributed by atoms with Crippen molar-refractivity contribution in [3.8, 4) is 0 Å². The Morgan fingerprint density at radius 3 is 2.15 bits per heavy atom. The highest BCUT2D eigenvalue weighted by Crippen LogP contribution is 2.43. The van der Waals surface area contributed by atoms with Gasteiger partial charge in [-0.2, -0.15) is 0 Å². The first kappa shape index (κ1) is 27.0. The highest BCUT2D eigenvalue weighted by atomic mass is 16.3. The summed E-state index contributed by atoms with van der Waals surface area (Å²) in [5, 5.41) is 22.8. The van der Waals surface area contributed by atoms with E-state index in [4.69, 9.17) is 4.99 Å². The number of hydrogen-bond donors (Lipinski definition) is 2. The van der Waals surface area contributed by atoms with E-state index in [2.05, 4.69) is 0 Å². The number of hydrogen-bond acceptors (Lipinski definition) is 5. The molecule has 0 saturated heterocycles. The fourth-order valence-corrected chi connectivity index (χ4v) is 4.29. The van der Waals surface area contributed by atoms with Crippen molar-refractivity contribution in [2.24, 2.45) is 28.7 Å². The number of aliphatic imine (C=N–C) groups is 1. The van der Waals surface area contributed by atoms with Crippen LogP contribution in [0.4, 0.5) is 0 Å². The Bertz CT molecular complexity index is 882. The first-order valence-corrected chi connectivity index (χ1v) is 12.3. The lowest BCUT2D eigenvalue weighted by atomic mass is 9.79. The maximum atomic E-state index is 13.6. The van der Waals surface area contributed by atoms with Crippen LogP contribution < -0.4 is 0 Å². The van der Waals surface area contributed by atoms with Gasteiger partial charge in [0.1, 0.15) is 5.76 Å². The third-order valence-corrected chi connectivity index (χ3v) is 6.26. The molecule has 1 aromatic carbocycles. The number of aliphatic hydroxyl groups excluding tert-OH is 1. The maximum absolute atomic E-state index is 13.6. The van der Waals surface area contributed by atoms with Crippen molar-refractivity contribution >= 4 is 17.3 Å². The van der Waals surface area contributed by atoms with Crippen molar-refractivity contribution in [1.29, 1.82) is 0 Å². The van der Waals surface area contributed by atoms with E-state index < -0.39 is 23.1 Å². The molecule has 2 rings (SSSR count). The summed E-state index contributed by atoms with van der Waals surface area (Å²) in [6, 6.07) is 9.70. The molecule has 0 heterocycles.